The first kappa shape index (κ1) is 20.6. The second-order valence-electron chi connectivity index (χ2n) is 7.10. The molecule has 3 aromatic rings. The smallest absolute Gasteiger partial charge is 0.304 e. The number of ether oxygens (including phenoxy) is 1. The summed E-state index contributed by atoms with van der Waals surface area (Å²) in [4.78, 5) is 25.6. The van der Waals surface area contributed by atoms with Gasteiger partial charge in [-0.1, -0.05) is 41.9 Å². The van der Waals surface area contributed by atoms with Crippen LogP contribution < -0.4 is 15.5 Å². The lowest BCUT2D eigenvalue weighted by Crippen LogP contribution is -2.42. The van der Waals surface area contributed by atoms with E-state index in [-0.39, 0.29) is 11.8 Å². The van der Waals surface area contributed by atoms with E-state index in [0.717, 1.165) is 16.9 Å². The molecule has 2 amide bonds. The van der Waals surface area contributed by atoms with Crippen LogP contribution in [-0.2, 0) is 4.79 Å². The maximum absolute atomic E-state index is 12.9. The minimum atomic E-state index is -0.789. The van der Waals surface area contributed by atoms with Crippen LogP contribution >= 0.6 is 11.6 Å². The van der Waals surface area contributed by atoms with Crippen molar-refractivity contribution in [3.05, 3.63) is 101 Å². The number of hydrazone groups is 1. The van der Waals surface area contributed by atoms with Crippen molar-refractivity contribution in [2.45, 2.75) is 12.1 Å². The van der Waals surface area contributed by atoms with E-state index in [4.69, 9.17) is 16.3 Å². The van der Waals surface area contributed by atoms with Gasteiger partial charge in [-0.3, -0.25) is 9.59 Å². The quantitative estimate of drug-likeness (QED) is 0.605. The topological polar surface area (TPSA) is 70.4 Å². The molecule has 31 heavy (non-hydrogen) atoms. The average Bonchev–Trinajstić information content (AvgIpc) is 3.10. The predicted octanol–water partition coefficient (Wildman–Crippen LogP) is 3.36. The number of halogens is 1. The fourth-order valence-corrected chi connectivity index (χ4v) is 3.63. The zero-order chi connectivity index (χ0) is 21.8. The van der Waals surface area contributed by atoms with Crippen molar-refractivity contribution in [1.82, 2.24) is 10.7 Å². The van der Waals surface area contributed by atoms with Crippen LogP contribution in [0.5, 0.6) is 5.75 Å². The molecule has 0 aliphatic carbocycles. The molecule has 3 aromatic carbocycles. The summed E-state index contributed by atoms with van der Waals surface area (Å²) in [5.74, 6) is 0.130. The molecule has 0 spiro atoms. The van der Waals surface area contributed by atoms with Crippen LogP contribution in [0.25, 0.3) is 0 Å². The van der Waals surface area contributed by atoms with Gasteiger partial charge in [0.2, 0.25) is 12.3 Å². The van der Waals surface area contributed by atoms with Gasteiger partial charge in [-0.25, -0.2) is 0 Å². The van der Waals surface area contributed by atoms with Crippen molar-refractivity contribution < 1.29 is 19.0 Å². The number of hydrazine groups is 1. The van der Waals surface area contributed by atoms with Crippen molar-refractivity contribution in [2.75, 3.05) is 7.11 Å². The van der Waals surface area contributed by atoms with Gasteiger partial charge in [-0.2, -0.15) is 0 Å². The van der Waals surface area contributed by atoms with Crippen molar-refractivity contribution in [3.8, 4) is 5.75 Å². The molecule has 1 fully saturated rings. The highest BCUT2D eigenvalue weighted by Gasteiger charge is 2.47. The minimum absolute atomic E-state index is 0.297. The fourth-order valence-electron chi connectivity index (χ4n) is 3.51. The highest BCUT2D eigenvalue weighted by atomic mass is 35.5. The normalized spacial score (nSPS) is 19.2. The zero-order valence-electron chi connectivity index (χ0n) is 16.8. The third-order valence-corrected chi connectivity index (χ3v) is 5.33. The number of nitrogens with zero attached hydrogens (tertiary/aromatic N) is 1. The Labute approximate surface area is 185 Å². The molecule has 1 heterocycles. The number of hydrogen-bond acceptors (Lipinski definition) is 3. The lowest BCUT2D eigenvalue weighted by molar-refractivity contribution is -0.596. The van der Waals surface area contributed by atoms with E-state index >= 15 is 0 Å². The first-order valence-electron chi connectivity index (χ1n) is 9.74. The monoisotopic (exact) mass is 434 g/mol. The maximum atomic E-state index is 12.9. The largest absolute Gasteiger partial charge is 0.497 e. The molecule has 7 heteroatoms. The molecule has 0 aromatic heterocycles. The van der Waals surface area contributed by atoms with E-state index in [0.29, 0.717) is 10.6 Å². The second kappa shape index (κ2) is 9.02. The van der Waals surface area contributed by atoms with E-state index in [2.05, 4.69) is 10.7 Å². The van der Waals surface area contributed by atoms with Gasteiger partial charge in [0.15, 0.2) is 6.04 Å². The Kier molecular flexibility index (Phi) is 6.00. The van der Waals surface area contributed by atoms with Crippen molar-refractivity contribution in [2.24, 2.45) is 0 Å². The van der Waals surface area contributed by atoms with Gasteiger partial charge in [0.25, 0.3) is 5.91 Å². The molecule has 4 rings (SSSR count). The minimum Gasteiger partial charge on any atom is -0.497 e. The molecule has 0 unspecified atom stereocenters. The lowest BCUT2D eigenvalue weighted by Gasteiger charge is -2.15. The summed E-state index contributed by atoms with van der Waals surface area (Å²) >= 11 is 6.06. The van der Waals surface area contributed by atoms with Crippen LogP contribution in [0, 0.1) is 0 Å². The number of hydrogen-bond donors (Lipinski definition) is 2. The fraction of sp³-hybridized carbons (Fsp3) is 0.125. The number of carbonyl (C=O) groups is 2. The molecule has 1 saturated heterocycles. The maximum Gasteiger partial charge on any atom is 0.304 e. The molecule has 2 atom stereocenters. The van der Waals surface area contributed by atoms with Crippen LogP contribution in [-0.4, -0.2) is 35.9 Å². The van der Waals surface area contributed by atoms with E-state index < -0.39 is 12.1 Å². The summed E-state index contributed by atoms with van der Waals surface area (Å²) in [6.07, 6.45) is 1.82. The van der Waals surface area contributed by atoms with Gasteiger partial charge in [-0.15, -0.1) is 10.1 Å². The average molecular weight is 435 g/mol. The van der Waals surface area contributed by atoms with Crippen LogP contribution in [0.3, 0.4) is 0 Å². The van der Waals surface area contributed by atoms with Crippen LogP contribution in [0.1, 0.15) is 27.5 Å². The number of carbonyl (C=O) groups excluding carboxylic acids is 2. The van der Waals surface area contributed by atoms with Crippen molar-refractivity contribution >= 4 is 29.6 Å². The van der Waals surface area contributed by atoms with E-state index in [9.17, 15) is 9.59 Å². The van der Waals surface area contributed by atoms with Crippen LogP contribution in [0.4, 0.5) is 0 Å². The molecule has 156 valence electrons. The van der Waals surface area contributed by atoms with Crippen molar-refractivity contribution in [1.29, 1.82) is 0 Å². The van der Waals surface area contributed by atoms with Gasteiger partial charge in [-0.05, 0) is 48.5 Å². The van der Waals surface area contributed by atoms with Gasteiger partial charge in [0.05, 0.1) is 7.11 Å². The summed E-state index contributed by atoms with van der Waals surface area (Å²) in [5.41, 5.74) is 5.06. The molecule has 6 nitrogen and oxygen atoms in total. The molecule has 2 N–H and O–H groups in total. The molecular weight excluding hydrogens is 414 g/mol. The highest BCUT2D eigenvalue weighted by Crippen LogP contribution is 2.27. The molecule has 0 saturated carbocycles. The van der Waals surface area contributed by atoms with Crippen molar-refractivity contribution in [3.63, 3.8) is 0 Å². The summed E-state index contributed by atoms with van der Waals surface area (Å²) < 4.78 is 6.92. The Balaban J connectivity index is 1.69. The molecule has 1 aliphatic heterocycles. The number of amides is 2. The third-order valence-electron chi connectivity index (χ3n) is 5.08. The second-order valence-corrected chi connectivity index (χ2v) is 7.54. The summed E-state index contributed by atoms with van der Waals surface area (Å²) in [6.45, 7) is 0. The highest BCUT2D eigenvalue weighted by molar-refractivity contribution is 6.30. The number of rotatable bonds is 5. The summed E-state index contributed by atoms with van der Waals surface area (Å²) in [7, 11) is 1.61. The van der Waals surface area contributed by atoms with E-state index in [1.165, 1.54) is 0 Å². The Morgan fingerprint density at radius 2 is 1.71 bits per heavy atom. The molecule has 0 radical (unpaired) electrons. The molecule has 1 aliphatic rings. The number of methoxy groups -OCH3 is 1. The first-order valence-corrected chi connectivity index (χ1v) is 10.1. The lowest BCUT2D eigenvalue weighted by atomic mass is 10.00. The predicted molar refractivity (Wildman–Crippen MR) is 118 cm³/mol. The van der Waals surface area contributed by atoms with Gasteiger partial charge >= 0.3 is 5.91 Å². The Hall–Kier alpha value is -3.64. The van der Waals surface area contributed by atoms with Crippen LogP contribution in [0.15, 0.2) is 78.9 Å². The summed E-state index contributed by atoms with van der Waals surface area (Å²) in [6, 6.07) is 22.3. The van der Waals surface area contributed by atoms with E-state index in [1.807, 2.05) is 48.7 Å². The van der Waals surface area contributed by atoms with Gasteiger partial charge < -0.3 is 10.1 Å². The summed E-state index contributed by atoms with van der Waals surface area (Å²) in [5, 5.41) is 3.47. The number of nitrogens with one attached hydrogen (secondary N) is 2. The Bertz CT molecular complexity index is 1110. The SMILES string of the molecule is COc1ccc(/C=[N+]2\NC(=O)[C@H](NC(=O)c3ccccc3)[C@H]2c2ccc(Cl)cc2)cc1. The number of benzene rings is 3. The Morgan fingerprint density at radius 1 is 1.03 bits per heavy atom. The van der Waals surface area contributed by atoms with Gasteiger partial charge in [0, 0.05) is 21.7 Å². The molecule has 0 bridgehead atoms. The molecular formula is C24H21ClN3O3+. The van der Waals surface area contributed by atoms with E-state index in [1.54, 1.807) is 48.2 Å². The van der Waals surface area contributed by atoms with Gasteiger partial charge in [0.1, 0.15) is 5.75 Å². The van der Waals surface area contributed by atoms with Crippen LogP contribution in [0.2, 0.25) is 5.02 Å². The first-order chi connectivity index (χ1) is 15.0. The third kappa shape index (κ3) is 4.59. The standard InChI is InChI=1S/C24H20ClN3O3/c1-31-20-13-7-16(8-14-20)15-28-22(17-9-11-19(25)12-10-17)21(24(30)27-28)26-23(29)18-5-3-2-4-6-18/h2-15,21-22H,1H3,(H-,26,27,29,30)/p+1/b28-15-/t21-,22-/m1/s1. The zero-order valence-corrected chi connectivity index (χ0v) is 17.5. The Morgan fingerprint density at radius 3 is 2.35 bits per heavy atom.